The highest BCUT2D eigenvalue weighted by atomic mass is 32.2. The maximum Gasteiger partial charge on any atom is 0.260 e. The average Bonchev–Trinajstić information content (AvgIpc) is 3.17. The Bertz CT molecular complexity index is 868. The molecular formula is C16H23N5O3S. The minimum absolute atomic E-state index is 0.237. The van der Waals surface area contributed by atoms with Crippen LogP contribution in [0.1, 0.15) is 43.7 Å². The number of sulfonamides is 1. The lowest BCUT2D eigenvalue weighted by Crippen LogP contribution is -2.39. The Morgan fingerprint density at radius 2 is 2.16 bits per heavy atom. The molecule has 1 aliphatic heterocycles. The molecule has 4 rings (SSSR count). The first-order valence-corrected chi connectivity index (χ1v) is 10.2. The van der Waals surface area contributed by atoms with E-state index in [9.17, 15) is 13.5 Å². The normalized spacial score (nSPS) is 19.8. The van der Waals surface area contributed by atoms with Crippen LogP contribution in [-0.2, 0) is 29.7 Å². The van der Waals surface area contributed by atoms with Crippen molar-refractivity contribution in [1.29, 1.82) is 0 Å². The van der Waals surface area contributed by atoms with Gasteiger partial charge in [0.25, 0.3) is 10.0 Å². The fraction of sp³-hybridized carbons (Fsp3) is 0.625. The van der Waals surface area contributed by atoms with E-state index in [4.69, 9.17) is 0 Å². The summed E-state index contributed by atoms with van der Waals surface area (Å²) in [5.74, 6) is 0.306. The van der Waals surface area contributed by atoms with Crippen molar-refractivity contribution in [2.24, 2.45) is 5.92 Å². The number of aliphatic hydroxyl groups excluding tert-OH is 1. The predicted octanol–water partition coefficient (Wildman–Crippen LogP) is 1.14. The van der Waals surface area contributed by atoms with Crippen LogP contribution in [0, 0.1) is 5.92 Å². The van der Waals surface area contributed by atoms with Gasteiger partial charge in [0.1, 0.15) is 6.10 Å². The van der Waals surface area contributed by atoms with E-state index in [-0.39, 0.29) is 11.6 Å². The molecule has 0 saturated heterocycles. The smallest absolute Gasteiger partial charge is 0.260 e. The lowest BCUT2D eigenvalue weighted by molar-refractivity contribution is 0.148. The molecule has 9 heteroatoms. The van der Waals surface area contributed by atoms with Gasteiger partial charge in [-0.15, -0.1) is 0 Å². The Balaban J connectivity index is 1.58. The molecule has 0 radical (unpaired) electrons. The number of aromatic nitrogens is 4. The fourth-order valence-corrected chi connectivity index (χ4v) is 4.85. The highest BCUT2D eigenvalue weighted by Gasteiger charge is 2.35. The molecule has 1 atom stereocenters. The summed E-state index contributed by atoms with van der Waals surface area (Å²) in [6, 6.07) is 3.40. The lowest BCUT2D eigenvalue weighted by atomic mass is 10.1. The molecule has 1 N–H and O–H groups in total. The van der Waals surface area contributed by atoms with E-state index in [2.05, 4.69) is 10.2 Å². The summed E-state index contributed by atoms with van der Waals surface area (Å²) in [6.07, 6.45) is 3.88. The molecule has 2 aromatic rings. The van der Waals surface area contributed by atoms with Crippen molar-refractivity contribution in [3.8, 4) is 0 Å². The van der Waals surface area contributed by atoms with E-state index in [1.807, 2.05) is 17.7 Å². The van der Waals surface area contributed by atoms with E-state index in [0.29, 0.717) is 31.2 Å². The summed E-state index contributed by atoms with van der Waals surface area (Å²) in [5.41, 5.74) is 1.49. The molecule has 0 bridgehead atoms. The van der Waals surface area contributed by atoms with E-state index >= 15 is 0 Å². The third-order valence-electron chi connectivity index (χ3n) is 4.87. The van der Waals surface area contributed by atoms with Crippen LogP contribution in [-0.4, -0.2) is 43.9 Å². The molecule has 0 unspecified atom stereocenters. The number of fused-ring (bicyclic) bond motifs is 1. The SMILES string of the molecule is CCCn1nccc1S(=O)(=O)N1CCn2nc([C@H](O)C3CC3)cc2C1. The van der Waals surface area contributed by atoms with E-state index in [1.54, 1.807) is 10.7 Å². The van der Waals surface area contributed by atoms with Gasteiger partial charge in [0.2, 0.25) is 0 Å². The van der Waals surface area contributed by atoms with Crippen LogP contribution in [0.2, 0.25) is 0 Å². The molecular weight excluding hydrogens is 342 g/mol. The van der Waals surface area contributed by atoms with Gasteiger partial charge in [0, 0.05) is 13.1 Å². The van der Waals surface area contributed by atoms with Gasteiger partial charge < -0.3 is 5.11 Å². The Morgan fingerprint density at radius 1 is 1.36 bits per heavy atom. The van der Waals surface area contributed by atoms with Crippen LogP contribution < -0.4 is 0 Å². The van der Waals surface area contributed by atoms with Gasteiger partial charge in [0.05, 0.1) is 30.7 Å². The maximum absolute atomic E-state index is 13.0. The fourth-order valence-electron chi connectivity index (χ4n) is 3.32. The van der Waals surface area contributed by atoms with Crippen LogP contribution in [0.25, 0.3) is 0 Å². The van der Waals surface area contributed by atoms with Gasteiger partial charge >= 0.3 is 0 Å². The average molecular weight is 365 g/mol. The number of aryl methyl sites for hydroxylation is 1. The first kappa shape index (κ1) is 16.7. The largest absolute Gasteiger partial charge is 0.386 e. The number of hydrogen-bond donors (Lipinski definition) is 1. The Morgan fingerprint density at radius 3 is 2.88 bits per heavy atom. The third-order valence-corrected chi connectivity index (χ3v) is 6.74. The zero-order chi connectivity index (χ0) is 17.6. The molecule has 3 heterocycles. The van der Waals surface area contributed by atoms with Crippen molar-refractivity contribution in [1.82, 2.24) is 23.9 Å². The molecule has 2 aromatic heterocycles. The summed E-state index contributed by atoms with van der Waals surface area (Å²) in [5, 5.41) is 19.1. The summed E-state index contributed by atoms with van der Waals surface area (Å²) >= 11 is 0. The lowest BCUT2D eigenvalue weighted by Gasteiger charge is -2.26. The van der Waals surface area contributed by atoms with Crippen molar-refractivity contribution >= 4 is 10.0 Å². The molecule has 136 valence electrons. The third kappa shape index (κ3) is 3.00. The zero-order valence-electron chi connectivity index (χ0n) is 14.2. The van der Waals surface area contributed by atoms with Crippen LogP contribution in [0.5, 0.6) is 0 Å². The summed E-state index contributed by atoms with van der Waals surface area (Å²) in [7, 11) is -3.60. The van der Waals surface area contributed by atoms with E-state index < -0.39 is 16.1 Å². The van der Waals surface area contributed by atoms with Crippen molar-refractivity contribution in [3.63, 3.8) is 0 Å². The van der Waals surface area contributed by atoms with Gasteiger partial charge in [-0.3, -0.25) is 9.36 Å². The second-order valence-electron chi connectivity index (χ2n) is 6.80. The number of hydrogen-bond acceptors (Lipinski definition) is 5. The van der Waals surface area contributed by atoms with Gasteiger partial charge in [-0.1, -0.05) is 6.92 Å². The van der Waals surface area contributed by atoms with Crippen molar-refractivity contribution in [3.05, 3.63) is 29.7 Å². The van der Waals surface area contributed by atoms with Gasteiger partial charge in [-0.2, -0.15) is 14.5 Å². The van der Waals surface area contributed by atoms with Crippen molar-refractivity contribution < 1.29 is 13.5 Å². The van der Waals surface area contributed by atoms with Crippen LogP contribution >= 0.6 is 0 Å². The van der Waals surface area contributed by atoms with Crippen LogP contribution in [0.15, 0.2) is 23.4 Å². The monoisotopic (exact) mass is 365 g/mol. The second kappa shape index (κ2) is 6.22. The maximum atomic E-state index is 13.0. The standard InChI is InChI=1S/C16H23N5O3S/c1-2-7-21-15(5-6-17-21)25(23,24)19-8-9-20-13(11-19)10-14(18-20)16(22)12-3-4-12/h5-6,10,12,16,22H,2-4,7-9,11H2,1H3/t16-/m1/s1. The number of aliphatic hydroxyl groups is 1. The first-order chi connectivity index (χ1) is 12.0. The molecule has 8 nitrogen and oxygen atoms in total. The van der Waals surface area contributed by atoms with Gasteiger partial charge in [-0.25, -0.2) is 8.42 Å². The molecule has 1 aliphatic carbocycles. The van der Waals surface area contributed by atoms with Crippen molar-refractivity contribution in [2.45, 2.75) is 57.0 Å². The highest BCUT2D eigenvalue weighted by molar-refractivity contribution is 7.89. The highest BCUT2D eigenvalue weighted by Crippen LogP contribution is 2.40. The predicted molar refractivity (Wildman–Crippen MR) is 90.0 cm³/mol. The first-order valence-electron chi connectivity index (χ1n) is 8.77. The van der Waals surface area contributed by atoms with E-state index in [1.165, 1.54) is 10.5 Å². The molecule has 2 aliphatic rings. The van der Waals surface area contributed by atoms with Gasteiger partial charge in [0.15, 0.2) is 5.03 Å². The Kier molecular flexibility index (Phi) is 4.17. The molecule has 0 aromatic carbocycles. The molecule has 25 heavy (non-hydrogen) atoms. The Hall–Kier alpha value is -1.71. The molecule has 0 spiro atoms. The summed E-state index contributed by atoms with van der Waals surface area (Å²) in [6.45, 7) is 3.69. The quantitative estimate of drug-likeness (QED) is 0.828. The topological polar surface area (TPSA) is 93.3 Å². The molecule has 1 fully saturated rings. The van der Waals surface area contributed by atoms with Gasteiger partial charge in [-0.05, 0) is 37.3 Å². The second-order valence-corrected chi connectivity index (χ2v) is 8.68. The summed E-state index contributed by atoms with van der Waals surface area (Å²) < 4.78 is 30.8. The van der Waals surface area contributed by atoms with E-state index in [0.717, 1.165) is 25.0 Å². The summed E-state index contributed by atoms with van der Waals surface area (Å²) in [4.78, 5) is 0. The molecule has 0 amide bonds. The Labute approximate surface area is 147 Å². The number of rotatable bonds is 6. The van der Waals surface area contributed by atoms with Crippen LogP contribution in [0.4, 0.5) is 0 Å². The minimum atomic E-state index is -3.60. The number of nitrogens with zero attached hydrogens (tertiary/aromatic N) is 5. The zero-order valence-corrected chi connectivity index (χ0v) is 15.1. The van der Waals surface area contributed by atoms with Crippen molar-refractivity contribution in [2.75, 3.05) is 6.54 Å². The minimum Gasteiger partial charge on any atom is -0.386 e. The molecule has 1 saturated carbocycles. The van der Waals surface area contributed by atoms with Crippen LogP contribution in [0.3, 0.4) is 0 Å².